The van der Waals surface area contributed by atoms with E-state index in [2.05, 4.69) is 44.8 Å². The standard InChI is InChI=1S/C31H52N2O4/c1-19-11-17-36-24-23(19)28(4)13-14-31-18-30(31)12-10-22(37-26(35)32-15-16-33(6)7)27(2,3)20(30)8-9-21(31)29(28,5)25(24)34/h19-25,34H,8-18H2,1-7H3,(H,32,35)/t19-,20+,21?,22?,23+,24?,25+,28?,29-,30?,31?/m1/s1. The van der Waals surface area contributed by atoms with Crippen molar-refractivity contribution in [3.05, 3.63) is 0 Å². The zero-order chi connectivity index (χ0) is 26.6. The van der Waals surface area contributed by atoms with Crippen LogP contribution in [-0.4, -0.2) is 68.2 Å². The number of likely N-dealkylation sites (N-methyl/N-ethyl adjacent to an activating group) is 1. The van der Waals surface area contributed by atoms with Gasteiger partial charge >= 0.3 is 6.09 Å². The molecule has 0 aromatic heterocycles. The Kier molecular flexibility index (Phi) is 5.94. The van der Waals surface area contributed by atoms with Gasteiger partial charge in [-0.15, -0.1) is 0 Å². The Hall–Kier alpha value is -0.850. The topological polar surface area (TPSA) is 71.0 Å². The number of rotatable bonds is 4. The van der Waals surface area contributed by atoms with Gasteiger partial charge in [0.05, 0.1) is 12.2 Å². The van der Waals surface area contributed by atoms with Gasteiger partial charge in [0.25, 0.3) is 0 Å². The van der Waals surface area contributed by atoms with E-state index in [-0.39, 0.29) is 40.7 Å². The van der Waals surface area contributed by atoms with Crippen LogP contribution < -0.4 is 5.32 Å². The van der Waals surface area contributed by atoms with Crippen molar-refractivity contribution in [1.82, 2.24) is 10.2 Å². The molecular formula is C31H52N2O4. The maximum absolute atomic E-state index is 12.7. The van der Waals surface area contributed by atoms with Gasteiger partial charge in [0.1, 0.15) is 6.10 Å². The first-order valence-corrected chi connectivity index (χ1v) is 15.2. The van der Waals surface area contributed by atoms with E-state index in [1.807, 2.05) is 14.1 Å². The maximum atomic E-state index is 12.7. The summed E-state index contributed by atoms with van der Waals surface area (Å²) in [5.74, 6) is 2.23. The Morgan fingerprint density at radius 2 is 1.73 bits per heavy atom. The SMILES string of the molecule is C[C@@H]1CCOC2[C@H]1C1(C)CCC34CC35CCC(OC(=O)NCCN(C)C)C(C)(C)[C@@H]5CCC4[C@]1(C)[C@H]2O. The summed E-state index contributed by atoms with van der Waals surface area (Å²) in [7, 11) is 4.03. The van der Waals surface area contributed by atoms with Crippen LogP contribution >= 0.6 is 0 Å². The molecule has 5 aliphatic carbocycles. The summed E-state index contributed by atoms with van der Waals surface area (Å²) < 4.78 is 12.5. The van der Waals surface area contributed by atoms with Gasteiger partial charge in [-0.3, -0.25) is 0 Å². The van der Waals surface area contributed by atoms with E-state index in [0.29, 0.717) is 41.0 Å². The van der Waals surface area contributed by atoms with Crippen molar-refractivity contribution in [2.45, 2.75) is 104 Å². The largest absolute Gasteiger partial charge is 0.446 e. The molecule has 2 spiro atoms. The van der Waals surface area contributed by atoms with Crippen molar-refractivity contribution >= 4 is 6.09 Å². The minimum absolute atomic E-state index is 0.00732. The van der Waals surface area contributed by atoms with Crippen LogP contribution in [0.25, 0.3) is 0 Å². The molecule has 1 amide bonds. The Morgan fingerprint density at radius 3 is 2.46 bits per heavy atom. The van der Waals surface area contributed by atoms with Gasteiger partial charge in [0.2, 0.25) is 0 Å². The smallest absolute Gasteiger partial charge is 0.407 e. The second kappa shape index (κ2) is 8.33. The summed E-state index contributed by atoms with van der Waals surface area (Å²) >= 11 is 0. The number of nitrogens with one attached hydrogen (secondary N) is 1. The molecule has 0 bridgehead atoms. The van der Waals surface area contributed by atoms with E-state index in [1.54, 1.807) is 0 Å². The number of carbonyl (C=O) groups is 1. The third kappa shape index (κ3) is 3.24. The molecule has 6 rings (SSSR count). The van der Waals surface area contributed by atoms with Gasteiger partial charge in [-0.2, -0.15) is 0 Å². The molecule has 210 valence electrons. The van der Waals surface area contributed by atoms with E-state index >= 15 is 0 Å². The summed E-state index contributed by atoms with van der Waals surface area (Å²) in [5.41, 5.74) is 0.720. The molecule has 1 heterocycles. The predicted molar refractivity (Wildman–Crippen MR) is 144 cm³/mol. The highest BCUT2D eigenvalue weighted by Gasteiger charge is 2.84. The summed E-state index contributed by atoms with van der Waals surface area (Å²) in [6.45, 7) is 14.3. The first-order chi connectivity index (χ1) is 17.3. The number of aliphatic hydroxyl groups excluding tert-OH is 1. The monoisotopic (exact) mass is 516 g/mol. The lowest BCUT2D eigenvalue weighted by Gasteiger charge is -2.63. The van der Waals surface area contributed by atoms with Crippen LogP contribution in [0.3, 0.4) is 0 Å². The molecule has 6 fully saturated rings. The number of alkyl carbamates (subject to hydrolysis) is 1. The second-order valence-electron chi connectivity index (χ2n) is 15.4. The van der Waals surface area contributed by atoms with Crippen LogP contribution in [0.2, 0.25) is 0 Å². The molecule has 6 aliphatic rings. The first kappa shape index (κ1) is 26.4. The van der Waals surface area contributed by atoms with E-state index in [9.17, 15) is 9.90 Å². The fourth-order valence-electron chi connectivity index (χ4n) is 11.9. The van der Waals surface area contributed by atoms with Crippen molar-refractivity contribution in [3.63, 3.8) is 0 Å². The highest BCUT2D eigenvalue weighted by molar-refractivity contribution is 5.67. The van der Waals surface area contributed by atoms with E-state index in [0.717, 1.165) is 32.4 Å². The number of ether oxygens (including phenoxy) is 2. The van der Waals surface area contributed by atoms with Crippen LogP contribution in [0.4, 0.5) is 4.79 Å². The summed E-state index contributed by atoms with van der Waals surface area (Å²) in [4.78, 5) is 14.7. The zero-order valence-electron chi connectivity index (χ0n) is 24.4. The fraction of sp³-hybridized carbons (Fsp3) is 0.968. The van der Waals surface area contributed by atoms with Crippen molar-refractivity contribution < 1.29 is 19.4 Å². The normalized spacial score (nSPS) is 53.3. The fourth-order valence-corrected chi connectivity index (χ4v) is 11.9. The van der Waals surface area contributed by atoms with Crippen LogP contribution in [0.5, 0.6) is 0 Å². The van der Waals surface area contributed by atoms with Crippen molar-refractivity contribution in [1.29, 1.82) is 0 Å². The number of aliphatic hydroxyl groups is 1. The third-order valence-corrected chi connectivity index (χ3v) is 13.8. The minimum Gasteiger partial charge on any atom is -0.446 e. The van der Waals surface area contributed by atoms with Gasteiger partial charge in [0, 0.05) is 30.5 Å². The lowest BCUT2D eigenvalue weighted by molar-refractivity contribution is -0.182. The second-order valence-corrected chi connectivity index (χ2v) is 15.4. The maximum Gasteiger partial charge on any atom is 0.407 e. The molecule has 2 N–H and O–H groups in total. The minimum atomic E-state index is -0.361. The zero-order valence-corrected chi connectivity index (χ0v) is 24.4. The number of amides is 1. The Balaban J connectivity index is 1.24. The highest BCUT2D eigenvalue weighted by Crippen LogP contribution is 2.89. The number of nitrogens with zero attached hydrogens (tertiary/aromatic N) is 1. The molecule has 1 saturated heterocycles. The number of hydrogen-bond acceptors (Lipinski definition) is 5. The van der Waals surface area contributed by atoms with Crippen LogP contribution in [-0.2, 0) is 9.47 Å². The van der Waals surface area contributed by atoms with Crippen LogP contribution in [0, 0.1) is 50.7 Å². The first-order valence-electron chi connectivity index (χ1n) is 15.2. The van der Waals surface area contributed by atoms with Crippen LogP contribution in [0.1, 0.15) is 86.0 Å². The van der Waals surface area contributed by atoms with Gasteiger partial charge < -0.3 is 24.8 Å². The van der Waals surface area contributed by atoms with E-state index < -0.39 is 0 Å². The van der Waals surface area contributed by atoms with E-state index in [4.69, 9.17) is 9.47 Å². The average molecular weight is 517 g/mol. The molecular weight excluding hydrogens is 464 g/mol. The highest BCUT2D eigenvalue weighted by atomic mass is 16.6. The van der Waals surface area contributed by atoms with E-state index in [1.165, 1.54) is 32.1 Å². The molecule has 1 aliphatic heterocycles. The van der Waals surface area contributed by atoms with Gasteiger partial charge in [-0.25, -0.2) is 4.79 Å². The quantitative estimate of drug-likeness (QED) is 0.545. The Bertz CT molecular complexity index is 938. The average Bonchev–Trinajstić information content (AvgIpc) is 3.46. The van der Waals surface area contributed by atoms with Crippen LogP contribution in [0.15, 0.2) is 0 Å². The third-order valence-electron chi connectivity index (χ3n) is 13.8. The Labute approximate surface area is 224 Å². The molecule has 6 nitrogen and oxygen atoms in total. The van der Waals surface area contributed by atoms with Crippen molar-refractivity contribution in [2.75, 3.05) is 33.8 Å². The van der Waals surface area contributed by atoms with Gasteiger partial charge in [-0.05, 0) is 105 Å². The van der Waals surface area contributed by atoms with Gasteiger partial charge in [0.15, 0.2) is 0 Å². The molecule has 0 radical (unpaired) electrons. The molecule has 37 heavy (non-hydrogen) atoms. The van der Waals surface area contributed by atoms with Gasteiger partial charge in [-0.1, -0.05) is 34.6 Å². The molecule has 5 saturated carbocycles. The molecule has 0 aromatic rings. The lowest BCUT2D eigenvalue weighted by Crippen LogP contribution is -2.60. The lowest BCUT2D eigenvalue weighted by atomic mass is 9.41. The summed E-state index contributed by atoms with van der Waals surface area (Å²) in [6, 6.07) is 0. The van der Waals surface area contributed by atoms with Crippen molar-refractivity contribution in [3.8, 4) is 0 Å². The summed E-state index contributed by atoms with van der Waals surface area (Å²) in [6.07, 6.45) is 8.80. The number of carbonyl (C=O) groups excluding carboxylic acids is 1. The molecule has 6 heteroatoms. The van der Waals surface area contributed by atoms with Crippen molar-refractivity contribution in [2.24, 2.45) is 50.7 Å². The number of fused-ring (bicyclic) bond motifs is 4. The predicted octanol–water partition coefficient (Wildman–Crippen LogP) is 5.09. The molecule has 11 atom stereocenters. The molecule has 0 aromatic carbocycles. The molecule has 6 unspecified atom stereocenters. The Morgan fingerprint density at radius 1 is 1.03 bits per heavy atom. The number of hydrogen-bond donors (Lipinski definition) is 2. The summed E-state index contributed by atoms with van der Waals surface area (Å²) in [5, 5.41) is 14.9.